The summed E-state index contributed by atoms with van der Waals surface area (Å²) in [6, 6.07) is 7.44. The van der Waals surface area contributed by atoms with Crippen LogP contribution in [-0.4, -0.2) is 19.1 Å². The lowest BCUT2D eigenvalue weighted by Gasteiger charge is -2.21. The first-order valence-electron chi connectivity index (χ1n) is 6.85. The summed E-state index contributed by atoms with van der Waals surface area (Å²) in [6.07, 6.45) is 3.77. The third-order valence-corrected chi connectivity index (χ3v) is 3.93. The number of carbonyl (C=O) groups is 1. The van der Waals surface area contributed by atoms with Crippen LogP contribution < -0.4 is 5.32 Å². The van der Waals surface area contributed by atoms with Crippen LogP contribution >= 0.6 is 11.6 Å². The Balaban J connectivity index is 1.68. The molecule has 1 heterocycles. The van der Waals surface area contributed by atoms with E-state index in [1.807, 2.05) is 18.2 Å². The maximum absolute atomic E-state index is 11.7. The minimum atomic E-state index is -0.126. The number of hydrogen-bond acceptors (Lipinski definition) is 3. The highest BCUT2D eigenvalue weighted by Crippen LogP contribution is 2.19. The monoisotopic (exact) mass is 281 g/mol. The number of benzene rings is 1. The van der Waals surface area contributed by atoms with E-state index in [1.54, 1.807) is 6.07 Å². The van der Waals surface area contributed by atoms with Gasteiger partial charge in [-0.2, -0.15) is 0 Å². The number of rotatable bonds is 5. The summed E-state index contributed by atoms with van der Waals surface area (Å²) in [5.74, 6) is 0.535. The van der Waals surface area contributed by atoms with Crippen LogP contribution in [0.15, 0.2) is 24.3 Å². The Labute approximate surface area is 119 Å². The quantitative estimate of drug-likeness (QED) is 0.843. The van der Waals surface area contributed by atoms with Gasteiger partial charge in [-0.1, -0.05) is 29.8 Å². The zero-order chi connectivity index (χ0) is 13.5. The Morgan fingerprint density at radius 2 is 2.05 bits per heavy atom. The standard InChI is InChI=1S/C15H20ClNO2/c16-14-4-2-1-3-13(14)11-19-15(18)6-5-12-7-9-17-10-8-12/h1-4,12,17H,5-11H2. The van der Waals surface area contributed by atoms with Crippen molar-refractivity contribution in [2.24, 2.45) is 5.92 Å². The zero-order valence-electron chi connectivity index (χ0n) is 11.0. The van der Waals surface area contributed by atoms with Crippen molar-refractivity contribution in [1.82, 2.24) is 5.32 Å². The molecule has 0 aromatic heterocycles. The average Bonchev–Trinajstić information content (AvgIpc) is 2.45. The summed E-state index contributed by atoms with van der Waals surface area (Å²) in [5.41, 5.74) is 0.861. The summed E-state index contributed by atoms with van der Waals surface area (Å²) >= 11 is 6.01. The number of halogens is 1. The van der Waals surface area contributed by atoms with Gasteiger partial charge in [-0.25, -0.2) is 0 Å². The summed E-state index contributed by atoms with van der Waals surface area (Å²) < 4.78 is 5.26. The number of ether oxygens (including phenoxy) is 1. The fourth-order valence-electron chi connectivity index (χ4n) is 2.34. The second kappa shape index (κ2) is 7.51. The molecule has 2 rings (SSSR count). The van der Waals surface area contributed by atoms with Crippen LogP contribution in [0.5, 0.6) is 0 Å². The maximum Gasteiger partial charge on any atom is 0.306 e. The Bertz CT molecular complexity index is 416. The van der Waals surface area contributed by atoms with Gasteiger partial charge in [0, 0.05) is 17.0 Å². The van der Waals surface area contributed by atoms with Crippen molar-refractivity contribution in [2.75, 3.05) is 13.1 Å². The second-order valence-electron chi connectivity index (χ2n) is 4.98. The van der Waals surface area contributed by atoms with Gasteiger partial charge in [0.2, 0.25) is 0 Å². The molecule has 1 aromatic rings. The molecule has 1 aliphatic rings. The lowest BCUT2D eigenvalue weighted by Crippen LogP contribution is -2.28. The normalized spacial score (nSPS) is 16.3. The van der Waals surface area contributed by atoms with Crippen LogP contribution in [0.1, 0.15) is 31.2 Å². The predicted molar refractivity (Wildman–Crippen MR) is 76.1 cm³/mol. The Morgan fingerprint density at radius 1 is 1.32 bits per heavy atom. The van der Waals surface area contributed by atoms with Gasteiger partial charge < -0.3 is 10.1 Å². The molecule has 0 unspecified atom stereocenters. The summed E-state index contributed by atoms with van der Waals surface area (Å²) in [6.45, 7) is 2.41. The fourth-order valence-corrected chi connectivity index (χ4v) is 2.53. The van der Waals surface area contributed by atoms with E-state index in [-0.39, 0.29) is 12.6 Å². The highest BCUT2D eigenvalue weighted by Gasteiger charge is 2.15. The van der Waals surface area contributed by atoms with Crippen LogP contribution in [-0.2, 0) is 16.1 Å². The van der Waals surface area contributed by atoms with Gasteiger partial charge in [0.25, 0.3) is 0 Å². The Kier molecular flexibility index (Phi) is 5.67. The number of piperidine rings is 1. The lowest BCUT2D eigenvalue weighted by molar-refractivity contribution is -0.145. The molecule has 0 spiro atoms. The van der Waals surface area contributed by atoms with Crippen molar-refractivity contribution in [2.45, 2.75) is 32.3 Å². The molecule has 0 bridgehead atoms. The molecule has 1 saturated heterocycles. The predicted octanol–water partition coefficient (Wildman–Crippen LogP) is 3.16. The van der Waals surface area contributed by atoms with Crippen molar-refractivity contribution in [1.29, 1.82) is 0 Å². The molecule has 19 heavy (non-hydrogen) atoms. The van der Waals surface area contributed by atoms with Gasteiger partial charge in [-0.3, -0.25) is 4.79 Å². The van der Waals surface area contributed by atoms with E-state index in [1.165, 1.54) is 0 Å². The fraction of sp³-hybridized carbons (Fsp3) is 0.533. The minimum absolute atomic E-state index is 0.126. The zero-order valence-corrected chi connectivity index (χ0v) is 11.8. The number of esters is 1. The first kappa shape index (κ1) is 14.4. The Morgan fingerprint density at radius 3 is 2.79 bits per heavy atom. The molecule has 0 radical (unpaired) electrons. The van der Waals surface area contributed by atoms with E-state index >= 15 is 0 Å². The van der Waals surface area contributed by atoms with Gasteiger partial charge in [0.15, 0.2) is 0 Å². The molecule has 1 fully saturated rings. The number of nitrogens with one attached hydrogen (secondary N) is 1. The molecule has 3 nitrogen and oxygen atoms in total. The molecule has 4 heteroatoms. The van der Waals surface area contributed by atoms with Gasteiger partial charge in [0.05, 0.1) is 0 Å². The molecule has 0 saturated carbocycles. The van der Waals surface area contributed by atoms with Gasteiger partial charge in [-0.05, 0) is 44.3 Å². The third kappa shape index (κ3) is 4.84. The van der Waals surface area contributed by atoms with Crippen molar-refractivity contribution in [3.8, 4) is 0 Å². The molecule has 1 N–H and O–H groups in total. The molecule has 0 amide bonds. The molecule has 1 aromatic carbocycles. The van der Waals surface area contributed by atoms with Crippen LogP contribution in [0.25, 0.3) is 0 Å². The van der Waals surface area contributed by atoms with E-state index in [0.717, 1.165) is 37.9 Å². The van der Waals surface area contributed by atoms with Crippen LogP contribution in [0.2, 0.25) is 5.02 Å². The van der Waals surface area contributed by atoms with Crippen molar-refractivity contribution < 1.29 is 9.53 Å². The van der Waals surface area contributed by atoms with Gasteiger partial charge >= 0.3 is 5.97 Å². The largest absolute Gasteiger partial charge is 0.461 e. The highest BCUT2D eigenvalue weighted by molar-refractivity contribution is 6.31. The van der Waals surface area contributed by atoms with Gasteiger partial charge in [0.1, 0.15) is 6.61 Å². The third-order valence-electron chi connectivity index (χ3n) is 3.56. The van der Waals surface area contributed by atoms with Gasteiger partial charge in [-0.15, -0.1) is 0 Å². The molecule has 104 valence electrons. The summed E-state index contributed by atoms with van der Waals surface area (Å²) in [7, 11) is 0. The number of carbonyl (C=O) groups excluding carboxylic acids is 1. The first-order chi connectivity index (χ1) is 9.25. The average molecular weight is 282 g/mol. The van der Waals surface area contributed by atoms with Crippen LogP contribution in [0.3, 0.4) is 0 Å². The van der Waals surface area contributed by atoms with E-state index in [9.17, 15) is 4.79 Å². The molecule has 1 aliphatic heterocycles. The smallest absolute Gasteiger partial charge is 0.306 e. The number of hydrogen-bond donors (Lipinski definition) is 1. The molecule has 0 aliphatic carbocycles. The SMILES string of the molecule is O=C(CCC1CCNCC1)OCc1ccccc1Cl. The van der Waals surface area contributed by atoms with Crippen molar-refractivity contribution in [3.05, 3.63) is 34.9 Å². The van der Waals surface area contributed by atoms with Crippen LogP contribution in [0.4, 0.5) is 0 Å². The first-order valence-corrected chi connectivity index (χ1v) is 7.23. The second-order valence-corrected chi connectivity index (χ2v) is 5.39. The van der Waals surface area contributed by atoms with Crippen LogP contribution in [0, 0.1) is 5.92 Å². The highest BCUT2D eigenvalue weighted by atomic mass is 35.5. The van der Waals surface area contributed by atoms with E-state index in [4.69, 9.17) is 16.3 Å². The van der Waals surface area contributed by atoms with E-state index < -0.39 is 0 Å². The van der Waals surface area contributed by atoms with Crippen molar-refractivity contribution >= 4 is 17.6 Å². The Hall–Kier alpha value is -1.06. The maximum atomic E-state index is 11.7. The molecule has 0 atom stereocenters. The van der Waals surface area contributed by atoms with Crippen molar-refractivity contribution in [3.63, 3.8) is 0 Å². The van der Waals surface area contributed by atoms with E-state index in [0.29, 0.717) is 17.4 Å². The minimum Gasteiger partial charge on any atom is -0.461 e. The molecular weight excluding hydrogens is 262 g/mol. The summed E-state index contributed by atoms with van der Waals surface area (Å²) in [4.78, 5) is 11.7. The topological polar surface area (TPSA) is 38.3 Å². The molecular formula is C15H20ClNO2. The van der Waals surface area contributed by atoms with E-state index in [2.05, 4.69) is 5.32 Å². The summed E-state index contributed by atoms with van der Waals surface area (Å²) in [5, 5.41) is 3.97. The lowest BCUT2D eigenvalue weighted by atomic mass is 9.93.